The molecule has 0 heterocycles. The first-order valence-corrected chi connectivity index (χ1v) is 6.33. The van der Waals surface area contributed by atoms with Crippen LogP contribution < -0.4 is 5.32 Å². The molecule has 1 aromatic rings. The summed E-state index contributed by atoms with van der Waals surface area (Å²) < 4.78 is 0. The van der Waals surface area contributed by atoms with Crippen LogP contribution >= 0.6 is 0 Å². The molecule has 1 aromatic carbocycles. The summed E-state index contributed by atoms with van der Waals surface area (Å²) in [5.41, 5.74) is 0.650. The van der Waals surface area contributed by atoms with E-state index >= 15 is 0 Å². The molecule has 0 bridgehead atoms. The van der Waals surface area contributed by atoms with E-state index in [0.29, 0.717) is 24.7 Å². The van der Waals surface area contributed by atoms with Gasteiger partial charge in [-0.1, -0.05) is 19.9 Å². The van der Waals surface area contributed by atoms with E-state index < -0.39 is 5.97 Å². The van der Waals surface area contributed by atoms with Crippen molar-refractivity contribution in [3.8, 4) is 0 Å². The van der Waals surface area contributed by atoms with Crippen LogP contribution in [-0.2, 0) is 0 Å². The Balaban J connectivity index is 2.75. The van der Waals surface area contributed by atoms with Gasteiger partial charge >= 0.3 is 12.0 Å². The van der Waals surface area contributed by atoms with E-state index in [2.05, 4.69) is 5.32 Å². The van der Waals surface area contributed by atoms with Crippen molar-refractivity contribution in [2.75, 3.05) is 18.4 Å². The molecule has 0 fully saturated rings. The molecule has 0 atom stereocenters. The SMILES string of the molecule is CCN(CC(C)C)C(=O)Nc1cccc(C(=O)O)c1. The Morgan fingerprint density at radius 1 is 1.37 bits per heavy atom. The highest BCUT2D eigenvalue weighted by molar-refractivity contribution is 5.93. The fourth-order valence-corrected chi connectivity index (χ4v) is 1.73. The van der Waals surface area contributed by atoms with Crippen molar-refractivity contribution in [2.24, 2.45) is 5.92 Å². The quantitative estimate of drug-likeness (QED) is 0.859. The molecular formula is C14H20N2O3. The molecule has 0 aromatic heterocycles. The van der Waals surface area contributed by atoms with Crippen molar-refractivity contribution in [3.63, 3.8) is 0 Å². The lowest BCUT2D eigenvalue weighted by molar-refractivity contribution is 0.0697. The van der Waals surface area contributed by atoms with Gasteiger partial charge in [-0.25, -0.2) is 9.59 Å². The first-order valence-electron chi connectivity index (χ1n) is 6.33. The lowest BCUT2D eigenvalue weighted by Crippen LogP contribution is -2.37. The third-order valence-corrected chi connectivity index (χ3v) is 2.62. The van der Waals surface area contributed by atoms with Crippen LogP contribution in [0.3, 0.4) is 0 Å². The van der Waals surface area contributed by atoms with Crippen LogP contribution in [-0.4, -0.2) is 35.1 Å². The van der Waals surface area contributed by atoms with E-state index in [9.17, 15) is 9.59 Å². The number of amides is 2. The highest BCUT2D eigenvalue weighted by Crippen LogP contribution is 2.12. The number of carbonyl (C=O) groups excluding carboxylic acids is 1. The second-order valence-electron chi connectivity index (χ2n) is 4.75. The topological polar surface area (TPSA) is 69.6 Å². The number of carboxylic acids is 1. The van der Waals surface area contributed by atoms with Crippen molar-refractivity contribution in [3.05, 3.63) is 29.8 Å². The van der Waals surface area contributed by atoms with Gasteiger partial charge in [-0.2, -0.15) is 0 Å². The Morgan fingerprint density at radius 2 is 2.05 bits per heavy atom. The number of hydrogen-bond acceptors (Lipinski definition) is 2. The second-order valence-corrected chi connectivity index (χ2v) is 4.75. The third-order valence-electron chi connectivity index (χ3n) is 2.62. The number of aromatic carboxylic acids is 1. The zero-order chi connectivity index (χ0) is 14.4. The van der Waals surface area contributed by atoms with Gasteiger partial charge < -0.3 is 15.3 Å². The van der Waals surface area contributed by atoms with Crippen molar-refractivity contribution >= 4 is 17.7 Å². The number of hydrogen-bond donors (Lipinski definition) is 2. The van der Waals surface area contributed by atoms with Crippen LogP contribution in [0.5, 0.6) is 0 Å². The maximum atomic E-state index is 12.0. The van der Waals surface area contributed by atoms with Crippen molar-refractivity contribution in [1.82, 2.24) is 4.90 Å². The Hall–Kier alpha value is -2.04. The molecular weight excluding hydrogens is 244 g/mol. The van der Waals surface area contributed by atoms with Crippen LogP contribution in [0, 0.1) is 5.92 Å². The molecule has 104 valence electrons. The van der Waals surface area contributed by atoms with E-state index in [1.54, 1.807) is 17.0 Å². The van der Waals surface area contributed by atoms with Gasteiger partial charge in [0.2, 0.25) is 0 Å². The number of anilines is 1. The summed E-state index contributed by atoms with van der Waals surface area (Å²) in [5.74, 6) is -0.623. The van der Waals surface area contributed by atoms with Gasteiger partial charge in [0.05, 0.1) is 5.56 Å². The highest BCUT2D eigenvalue weighted by atomic mass is 16.4. The molecule has 0 spiro atoms. The predicted octanol–water partition coefficient (Wildman–Crippen LogP) is 2.89. The average Bonchev–Trinajstić information content (AvgIpc) is 2.35. The van der Waals surface area contributed by atoms with E-state index in [1.165, 1.54) is 12.1 Å². The molecule has 0 aliphatic rings. The standard InChI is InChI=1S/C14H20N2O3/c1-4-16(9-10(2)3)14(19)15-12-7-5-6-11(8-12)13(17)18/h5-8,10H,4,9H2,1-3H3,(H,15,19)(H,17,18). The molecule has 0 saturated carbocycles. The molecule has 5 nitrogen and oxygen atoms in total. The largest absolute Gasteiger partial charge is 0.478 e. The minimum atomic E-state index is -1.01. The second kappa shape index (κ2) is 6.78. The third kappa shape index (κ3) is 4.62. The van der Waals surface area contributed by atoms with E-state index in [4.69, 9.17) is 5.11 Å². The molecule has 1 rings (SSSR count). The number of carboxylic acid groups (broad SMARTS) is 1. The fourth-order valence-electron chi connectivity index (χ4n) is 1.73. The summed E-state index contributed by atoms with van der Waals surface area (Å²) in [7, 11) is 0. The van der Waals surface area contributed by atoms with Crippen LogP contribution in [0.2, 0.25) is 0 Å². The van der Waals surface area contributed by atoms with Crippen LogP contribution in [0.15, 0.2) is 24.3 Å². The molecule has 19 heavy (non-hydrogen) atoms. The summed E-state index contributed by atoms with van der Waals surface area (Å²) in [6, 6.07) is 6.01. The van der Waals surface area contributed by atoms with Crippen LogP contribution in [0.25, 0.3) is 0 Å². The van der Waals surface area contributed by atoms with Crippen molar-refractivity contribution in [2.45, 2.75) is 20.8 Å². The Morgan fingerprint density at radius 3 is 2.58 bits per heavy atom. The van der Waals surface area contributed by atoms with E-state index in [1.807, 2.05) is 20.8 Å². The molecule has 5 heteroatoms. The minimum absolute atomic E-state index is 0.157. The molecule has 0 radical (unpaired) electrons. The summed E-state index contributed by atoms with van der Waals surface area (Å²) >= 11 is 0. The Kier molecular flexibility index (Phi) is 5.36. The van der Waals surface area contributed by atoms with Crippen molar-refractivity contribution in [1.29, 1.82) is 0 Å². The summed E-state index contributed by atoms with van der Waals surface area (Å²) in [6.45, 7) is 7.28. The number of carbonyl (C=O) groups is 2. The average molecular weight is 264 g/mol. The summed E-state index contributed by atoms with van der Waals surface area (Å²) in [6.07, 6.45) is 0. The minimum Gasteiger partial charge on any atom is -0.478 e. The summed E-state index contributed by atoms with van der Waals surface area (Å²) in [5, 5.41) is 11.6. The smallest absolute Gasteiger partial charge is 0.335 e. The van der Waals surface area contributed by atoms with Gasteiger partial charge in [0.15, 0.2) is 0 Å². The van der Waals surface area contributed by atoms with Crippen molar-refractivity contribution < 1.29 is 14.7 Å². The molecule has 2 amide bonds. The van der Waals surface area contributed by atoms with Gasteiger partial charge in [0, 0.05) is 18.8 Å². The zero-order valence-electron chi connectivity index (χ0n) is 11.5. The molecule has 0 aliphatic carbocycles. The zero-order valence-corrected chi connectivity index (χ0v) is 11.5. The van der Waals surface area contributed by atoms with Gasteiger partial charge in [0.25, 0.3) is 0 Å². The number of nitrogens with zero attached hydrogens (tertiary/aromatic N) is 1. The van der Waals surface area contributed by atoms with Gasteiger partial charge in [-0.3, -0.25) is 0 Å². The maximum Gasteiger partial charge on any atom is 0.335 e. The normalized spacial score (nSPS) is 10.3. The van der Waals surface area contributed by atoms with Gasteiger partial charge in [0.1, 0.15) is 0 Å². The first-order chi connectivity index (χ1) is 8.93. The highest BCUT2D eigenvalue weighted by Gasteiger charge is 2.13. The monoisotopic (exact) mass is 264 g/mol. The number of benzene rings is 1. The van der Waals surface area contributed by atoms with Crippen LogP contribution in [0.1, 0.15) is 31.1 Å². The first kappa shape index (κ1) is 15.0. The molecule has 0 unspecified atom stereocenters. The van der Waals surface area contributed by atoms with Gasteiger partial charge in [-0.15, -0.1) is 0 Å². The number of nitrogens with one attached hydrogen (secondary N) is 1. The Labute approximate surface area is 113 Å². The fraction of sp³-hybridized carbons (Fsp3) is 0.429. The number of urea groups is 1. The predicted molar refractivity (Wildman–Crippen MR) is 74.5 cm³/mol. The Bertz CT molecular complexity index is 458. The summed E-state index contributed by atoms with van der Waals surface area (Å²) in [4.78, 5) is 24.6. The molecule has 0 aliphatic heterocycles. The number of rotatable bonds is 5. The maximum absolute atomic E-state index is 12.0. The lowest BCUT2D eigenvalue weighted by atomic mass is 10.2. The van der Waals surface area contributed by atoms with Gasteiger partial charge in [-0.05, 0) is 31.0 Å². The molecule has 2 N–H and O–H groups in total. The lowest BCUT2D eigenvalue weighted by Gasteiger charge is -2.23. The van der Waals surface area contributed by atoms with E-state index in [0.717, 1.165) is 0 Å². The van der Waals surface area contributed by atoms with Crippen LogP contribution in [0.4, 0.5) is 10.5 Å². The molecule has 0 saturated heterocycles. The van der Waals surface area contributed by atoms with E-state index in [-0.39, 0.29) is 11.6 Å².